The van der Waals surface area contributed by atoms with Crippen molar-refractivity contribution < 1.29 is 13.7 Å². The van der Waals surface area contributed by atoms with Crippen LogP contribution in [0.2, 0.25) is 0 Å². The first-order valence-corrected chi connectivity index (χ1v) is 14.2. The number of anilines is 5. The van der Waals surface area contributed by atoms with Crippen molar-refractivity contribution in [3.8, 4) is 5.75 Å². The van der Waals surface area contributed by atoms with Gasteiger partial charge in [0.15, 0.2) is 0 Å². The highest BCUT2D eigenvalue weighted by Gasteiger charge is 2.26. The maximum Gasteiger partial charge on any atom is 0.253 e. The van der Waals surface area contributed by atoms with Crippen LogP contribution in [0.1, 0.15) is 15.9 Å². The first-order chi connectivity index (χ1) is 18.8. The summed E-state index contributed by atoms with van der Waals surface area (Å²) in [5, 5.41) is 10.8. The summed E-state index contributed by atoms with van der Waals surface area (Å²) >= 11 is 0. The van der Waals surface area contributed by atoms with Crippen LogP contribution in [0.5, 0.6) is 5.75 Å². The van der Waals surface area contributed by atoms with Crippen LogP contribution in [-0.2, 0) is 17.4 Å². The van der Waals surface area contributed by atoms with Crippen LogP contribution in [0.15, 0.2) is 42.6 Å². The van der Waals surface area contributed by atoms with Crippen LogP contribution < -0.4 is 30.3 Å². The van der Waals surface area contributed by atoms with Crippen molar-refractivity contribution in [1.29, 1.82) is 0 Å². The van der Waals surface area contributed by atoms with E-state index in [2.05, 4.69) is 35.2 Å². The number of nitrogens with zero attached hydrogens (tertiary/aromatic N) is 4. The lowest BCUT2D eigenvalue weighted by Gasteiger charge is -2.22. The van der Waals surface area contributed by atoms with E-state index >= 15 is 0 Å². The van der Waals surface area contributed by atoms with Crippen molar-refractivity contribution in [3.63, 3.8) is 0 Å². The van der Waals surface area contributed by atoms with E-state index in [4.69, 9.17) is 9.72 Å². The molecular weight excluding hydrogens is 535 g/mol. The Hall–Kier alpha value is -3.73. The van der Waals surface area contributed by atoms with Gasteiger partial charge < -0.3 is 25.7 Å². The zero-order valence-corrected chi connectivity index (χ0v) is 24.1. The molecule has 1 aliphatic rings. The van der Waals surface area contributed by atoms with Gasteiger partial charge in [0, 0.05) is 19.8 Å². The first kappa shape index (κ1) is 26.9. The monoisotopic (exact) mass is 566 g/mol. The Balaban J connectivity index is 1.52. The molecule has 0 fully saturated rings. The quantitative estimate of drug-likeness (QED) is 0.228. The smallest absolute Gasteiger partial charge is 0.253 e. The third-order valence-electron chi connectivity index (χ3n) is 6.33. The van der Waals surface area contributed by atoms with E-state index in [1.165, 1.54) is 0 Å². The highest BCUT2D eigenvalue weighted by atomic mass is 32.2. The van der Waals surface area contributed by atoms with E-state index in [0.29, 0.717) is 52.5 Å². The molecule has 3 heterocycles. The van der Waals surface area contributed by atoms with Crippen LogP contribution in [0.25, 0.3) is 11.0 Å². The molecule has 2 aromatic heterocycles. The number of H-pyrrole nitrogens is 1. The standard InChI is InChI=1S/C26H31N8O3PS/c1-27-25(35)22-17(6-5-7-21(22)38)29-24-16-8-10-28-23(16)31-26(32-24)30-18-13-19-15(12-20(18)37-4)9-11-34(19)39(36)14-33(2)3/h5-8,10,12-13H,9,11,14,38H2,1-4H3,(H,27,35)(H3,28,29,30,31,32). The lowest BCUT2D eigenvalue weighted by atomic mass is 10.1. The number of hydrogen-bond donors (Lipinski definition) is 4. The number of aromatic nitrogens is 3. The van der Waals surface area contributed by atoms with Crippen molar-refractivity contribution in [2.24, 2.45) is 0 Å². The SMILES string of the molecule is CNC(=O)c1c(P)cccc1Nc1nc(Nc2cc3c(cc2OC)CCN3S(=O)CN(C)C)nc2[nH]ccc12. The van der Waals surface area contributed by atoms with Gasteiger partial charge in [-0.15, -0.1) is 9.24 Å². The van der Waals surface area contributed by atoms with Crippen LogP contribution in [-0.4, -0.2) is 70.6 Å². The van der Waals surface area contributed by atoms with Gasteiger partial charge in [0.2, 0.25) is 5.95 Å². The number of ether oxygens (including phenoxy) is 1. The third-order valence-corrected chi connectivity index (χ3v) is 8.42. The third kappa shape index (κ3) is 5.40. The zero-order valence-electron chi connectivity index (χ0n) is 22.2. The number of amides is 1. The van der Waals surface area contributed by atoms with E-state index in [9.17, 15) is 9.00 Å². The molecule has 2 atom stereocenters. The van der Waals surface area contributed by atoms with Gasteiger partial charge in [-0.05, 0) is 55.6 Å². The molecule has 0 saturated carbocycles. The fraction of sp³-hybridized carbons (Fsp3) is 0.269. The highest BCUT2D eigenvalue weighted by molar-refractivity contribution is 7.86. The Morgan fingerprint density at radius 2 is 2.03 bits per heavy atom. The Morgan fingerprint density at radius 1 is 1.21 bits per heavy atom. The first-order valence-electron chi connectivity index (χ1n) is 12.3. The molecule has 4 aromatic rings. The summed E-state index contributed by atoms with van der Waals surface area (Å²) in [4.78, 5) is 27.1. The minimum Gasteiger partial charge on any atom is -0.495 e. The average molecular weight is 567 g/mol. The summed E-state index contributed by atoms with van der Waals surface area (Å²) in [6.07, 6.45) is 2.57. The number of rotatable bonds is 9. The second-order valence-corrected chi connectivity index (χ2v) is 11.3. The maximum absolute atomic E-state index is 13.0. The molecule has 2 aromatic carbocycles. The Labute approximate surface area is 231 Å². The molecule has 0 radical (unpaired) electrons. The van der Waals surface area contributed by atoms with Crippen molar-refractivity contribution in [1.82, 2.24) is 25.2 Å². The summed E-state index contributed by atoms with van der Waals surface area (Å²) in [6.45, 7) is 0.670. The molecule has 0 aliphatic carbocycles. The molecule has 2 unspecified atom stereocenters. The molecule has 0 spiro atoms. The predicted molar refractivity (Wildman–Crippen MR) is 160 cm³/mol. The summed E-state index contributed by atoms with van der Waals surface area (Å²) in [5.41, 5.74) is 4.36. The summed E-state index contributed by atoms with van der Waals surface area (Å²) in [6, 6.07) is 11.3. The van der Waals surface area contributed by atoms with Gasteiger partial charge in [-0.1, -0.05) is 12.1 Å². The minimum atomic E-state index is -1.19. The van der Waals surface area contributed by atoms with Gasteiger partial charge in [0.1, 0.15) is 28.2 Å². The van der Waals surface area contributed by atoms with Gasteiger partial charge in [0.25, 0.3) is 5.91 Å². The predicted octanol–water partition coefficient (Wildman–Crippen LogP) is 2.86. The Morgan fingerprint density at radius 3 is 2.77 bits per heavy atom. The lowest BCUT2D eigenvalue weighted by Crippen LogP contribution is -2.31. The van der Waals surface area contributed by atoms with Crippen LogP contribution in [0.3, 0.4) is 0 Å². The van der Waals surface area contributed by atoms with Crippen LogP contribution in [0, 0.1) is 0 Å². The van der Waals surface area contributed by atoms with E-state index in [1.807, 2.05) is 59.7 Å². The molecular formula is C26H31N8O3PS. The molecule has 1 aliphatic heterocycles. The number of nitrogens with one attached hydrogen (secondary N) is 4. The molecule has 0 bridgehead atoms. The summed E-state index contributed by atoms with van der Waals surface area (Å²) < 4.78 is 20.6. The van der Waals surface area contributed by atoms with E-state index < -0.39 is 11.0 Å². The van der Waals surface area contributed by atoms with Crippen molar-refractivity contribution in [3.05, 3.63) is 53.7 Å². The second-order valence-electron chi connectivity index (χ2n) is 9.30. The highest BCUT2D eigenvalue weighted by Crippen LogP contribution is 2.39. The van der Waals surface area contributed by atoms with Gasteiger partial charge in [-0.2, -0.15) is 9.97 Å². The molecule has 4 N–H and O–H groups in total. The molecule has 13 heteroatoms. The molecule has 5 rings (SSSR count). The number of hydrogen-bond acceptors (Lipinski definition) is 8. The number of methoxy groups -OCH3 is 1. The normalized spacial score (nSPS) is 13.4. The number of fused-ring (bicyclic) bond motifs is 2. The topological polar surface area (TPSA) is 128 Å². The van der Waals surface area contributed by atoms with Gasteiger partial charge in [-0.25, -0.2) is 4.21 Å². The summed E-state index contributed by atoms with van der Waals surface area (Å²) in [5.74, 6) is 1.72. The molecule has 204 valence electrons. The number of carbonyl (C=O) groups is 1. The number of benzene rings is 2. The Bertz CT molecular complexity index is 1570. The molecule has 1 amide bonds. The van der Waals surface area contributed by atoms with Crippen molar-refractivity contribution in [2.45, 2.75) is 6.42 Å². The minimum absolute atomic E-state index is 0.208. The van der Waals surface area contributed by atoms with Crippen molar-refractivity contribution in [2.75, 3.05) is 55.6 Å². The van der Waals surface area contributed by atoms with Gasteiger partial charge in [0.05, 0.1) is 41.0 Å². The molecule has 11 nitrogen and oxygen atoms in total. The lowest BCUT2D eigenvalue weighted by molar-refractivity contribution is 0.0965. The van der Waals surface area contributed by atoms with Gasteiger partial charge >= 0.3 is 0 Å². The molecule has 0 saturated heterocycles. The van der Waals surface area contributed by atoms with Crippen LogP contribution >= 0.6 is 9.24 Å². The van der Waals surface area contributed by atoms with Crippen molar-refractivity contribution >= 4 is 71.3 Å². The largest absolute Gasteiger partial charge is 0.495 e. The fourth-order valence-corrected chi connectivity index (χ4v) is 6.21. The fourth-order valence-electron chi connectivity index (χ4n) is 4.55. The Kier molecular flexibility index (Phi) is 7.69. The number of aromatic amines is 1. The van der Waals surface area contributed by atoms with E-state index in [1.54, 1.807) is 20.4 Å². The zero-order chi connectivity index (χ0) is 27.7. The number of carbonyl (C=O) groups excluding carboxylic acids is 1. The van der Waals surface area contributed by atoms with E-state index in [0.717, 1.165) is 28.4 Å². The summed E-state index contributed by atoms with van der Waals surface area (Å²) in [7, 11) is 8.43. The van der Waals surface area contributed by atoms with Gasteiger partial charge in [-0.3, -0.25) is 14.0 Å². The second kappa shape index (κ2) is 11.2. The average Bonchev–Trinajstić information content (AvgIpc) is 3.54. The molecule has 39 heavy (non-hydrogen) atoms. The van der Waals surface area contributed by atoms with E-state index in [-0.39, 0.29) is 5.91 Å². The maximum atomic E-state index is 13.0. The van der Waals surface area contributed by atoms with Crippen LogP contribution in [0.4, 0.5) is 28.8 Å².